The number of fused-ring (bicyclic) bond motifs is 1. The van der Waals surface area contributed by atoms with E-state index in [0.717, 1.165) is 22.8 Å². The number of anilines is 1. The van der Waals surface area contributed by atoms with Crippen LogP contribution in [0.2, 0.25) is 5.02 Å². The van der Waals surface area contributed by atoms with Crippen molar-refractivity contribution in [1.82, 2.24) is 5.32 Å². The van der Waals surface area contributed by atoms with Crippen LogP contribution in [-0.4, -0.2) is 5.84 Å². The Labute approximate surface area is 183 Å². The molecule has 0 saturated carbocycles. The van der Waals surface area contributed by atoms with Gasteiger partial charge in [0.2, 0.25) is 0 Å². The smallest absolute Gasteiger partial charge is 0.359 e. The predicted octanol–water partition coefficient (Wildman–Crippen LogP) is 6.80. The molecule has 0 aliphatic carbocycles. The van der Waals surface area contributed by atoms with E-state index in [1.165, 1.54) is 12.1 Å². The molecule has 1 atom stereocenters. The van der Waals surface area contributed by atoms with Crippen LogP contribution in [0.3, 0.4) is 0 Å². The number of benzene rings is 3. The lowest BCUT2D eigenvalue weighted by Crippen LogP contribution is -2.30. The standard InChI is InChI=1S/C24H19ClF3N3/c1-14-8-7-12-19(25)21(14)15(2)29-23-17-10-4-6-13-20(17)30-22(31-23)16-9-3-5-11-18(16)24(26,27)28/h3-13,22,30H,2H2,1H3,(H,29,31). The molecule has 2 N–H and O–H groups in total. The molecule has 3 aromatic rings. The number of halogens is 4. The summed E-state index contributed by atoms with van der Waals surface area (Å²) in [6.45, 7) is 6.00. The summed E-state index contributed by atoms with van der Waals surface area (Å²) in [5.41, 5.74) is 2.89. The molecule has 3 aromatic carbocycles. The SMILES string of the molecule is C=C(NC1=NC(c2ccccc2C(F)(F)F)Nc2ccccc21)c1c(C)cccc1Cl. The highest BCUT2D eigenvalue weighted by Crippen LogP contribution is 2.38. The molecule has 4 rings (SSSR count). The fraction of sp³-hybridized carbons (Fsp3) is 0.125. The number of aryl methyl sites for hydroxylation is 1. The Bertz CT molecular complexity index is 1160. The van der Waals surface area contributed by atoms with E-state index < -0.39 is 17.9 Å². The van der Waals surface area contributed by atoms with E-state index in [0.29, 0.717) is 22.2 Å². The van der Waals surface area contributed by atoms with Crippen molar-refractivity contribution >= 4 is 28.8 Å². The Morgan fingerprint density at radius 3 is 2.48 bits per heavy atom. The van der Waals surface area contributed by atoms with Gasteiger partial charge >= 0.3 is 6.18 Å². The average molecular weight is 442 g/mol. The Morgan fingerprint density at radius 2 is 1.74 bits per heavy atom. The molecule has 1 aliphatic rings. The fourth-order valence-electron chi connectivity index (χ4n) is 3.65. The number of aliphatic imine (C=N–C) groups is 1. The Morgan fingerprint density at radius 1 is 1.03 bits per heavy atom. The number of nitrogens with zero attached hydrogens (tertiary/aromatic N) is 1. The average Bonchev–Trinajstić information content (AvgIpc) is 2.73. The van der Waals surface area contributed by atoms with Crippen molar-refractivity contribution in [3.63, 3.8) is 0 Å². The van der Waals surface area contributed by atoms with Gasteiger partial charge in [-0.2, -0.15) is 13.2 Å². The van der Waals surface area contributed by atoms with Gasteiger partial charge in [-0.25, -0.2) is 4.99 Å². The lowest BCUT2D eigenvalue weighted by molar-refractivity contribution is -0.138. The Hall–Kier alpha value is -3.25. The molecule has 0 fully saturated rings. The predicted molar refractivity (Wildman–Crippen MR) is 119 cm³/mol. The normalized spacial score (nSPS) is 15.5. The lowest BCUT2D eigenvalue weighted by Gasteiger charge is -2.28. The summed E-state index contributed by atoms with van der Waals surface area (Å²) in [7, 11) is 0. The highest BCUT2D eigenvalue weighted by atomic mass is 35.5. The minimum atomic E-state index is -4.49. The van der Waals surface area contributed by atoms with Crippen molar-refractivity contribution in [2.75, 3.05) is 5.32 Å². The van der Waals surface area contributed by atoms with Crippen LogP contribution in [0.25, 0.3) is 5.70 Å². The van der Waals surface area contributed by atoms with Gasteiger partial charge in [0, 0.05) is 28.1 Å². The summed E-state index contributed by atoms with van der Waals surface area (Å²) in [5.74, 6) is 0.417. The van der Waals surface area contributed by atoms with Gasteiger partial charge in [0.05, 0.1) is 10.6 Å². The molecule has 158 valence electrons. The molecule has 31 heavy (non-hydrogen) atoms. The van der Waals surface area contributed by atoms with Crippen LogP contribution in [-0.2, 0) is 6.18 Å². The molecular weight excluding hydrogens is 423 g/mol. The zero-order chi connectivity index (χ0) is 22.2. The molecule has 0 aromatic heterocycles. The van der Waals surface area contributed by atoms with Crippen molar-refractivity contribution in [3.05, 3.63) is 106 Å². The van der Waals surface area contributed by atoms with E-state index >= 15 is 0 Å². The van der Waals surface area contributed by atoms with Gasteiger partial charge in [-0.15, -0.1) is 0 Å². The van der Waals surface area contributed by atoms with Crippen LogP contribution in [0.5, 0.6) is 0 Å². The van der Waals surface area contributed by atoms with Crippen LogP contribution in [0.4, 0.5) is 18.9 Å². The minimum absolute atomic E-state index is 0.0448. The van der Waals surface area contributed by atoms with E-state index in [4.69, 9.17) is 11.6 Å². The van der Waals surface area contributed by atoms with Crippen molar-refractivity contribution in [1.29, 1.82) is 0 Å². The quantitative estimate of drug-likeness (QED) is 0.469. The number of amidine groups is 1. The van der Waals surface area contributed by atoms with Gasteiger partial charge in [-0.1, -0.05) is 60.6 Å². The number of para-hydroxylation sites is 1. The molecule has 1 heterocycles. The van der Waals surface area contributed by atoms with Gasteiger partial charge in [0.25, 0.3) is 0 Å². The van der Waals surface area contributed by atoms with E-state index in [2.05, 4.69) is 22.2 Å². The first-order valence-electron chi connectivity index (χ1n) is 9.57. The van der Waals surface area contributed by atoms with Gasteiger partial charge in [-0.3, -0.25) is 0 Å². The number of rotatable bonds is 3. The highest BCUT2D eigenvalue weighted by molar-refractivity contribution is 6.32. The van der Waals surface area contributed by atoms with Crippen LogP contribution in [0.15, 0.2) is 78.3 Å². The van der Waals surface area contributed by atoms with Crippen LogP contribution < -0.4 is 10.6 Å². The van der Waals surface area contributed by atoms with Crippen LogP contribution >= 0.6 is 11.6 Å². The van der Waals surface area contributed by atoms with E-state index in [9.17, 15) is 13.2 Å². The van der Waals surface area contributed by atoms with Crippen molar-refractivity contribution < 1.29 is 13.2 Å². The van der Waals surface area contributed by atoms with E-state index in [1.54, 1.807) is 18.2 Å². The zero-order valence-electron chi connectivity index (χ0n) is 16.6. The van der Waals surface area contributed by atoms with Gasteiger partial charge in [-0.05, 0) is 36.8 Å². The molecular formula is C24H19ClF3N3. The lowest BCUT2D eigenvalue weighted by atomic mass is 10.0. The Kier molecular flexibility index (Phi) is 5.50. The summed E-state index contributed by atoms with van der Waals surface area (Å²) in [4.78, 5) is 4.58. The third-order valence-electron chi connectivity index (χ3n) is 5.09. The topological polar surface area (TPSA) is 36.4 Å². The summed E-state index contributed by atoms with van der Waals surface area (Å²) < 4.78 is 40.8. The highest BCUT2D eigenvalue weighted by Gasteiger charge is 2.36. The van der Waals surface area contributed by atoms with Gasteiger partial charge in [0.1, 0.15) is 12.0 Å². The number of hydrogen-bond acceptors (Lipinski definition) is 3. The minimum Gasteiger partial charge on any atom is -0.359 e. The van der Waals surface area contributed by atoms with Crippen molar-refractivity contribution in [3.8, 4) is 0 Å². The van der Waals surface area contributed by atoms with Crippen molar-refractivity contribution in [2.45, 2.75) is 19.3 Å². The van der Waals surface area contributed by atoms with Gasteiger partial charge < -0.3 is 10.6 Å². The first-order chi connectivity index (χ1) is 14.8. The second-order valence-electron chi connectivity index (χ2n) is 7.19. The molecule has 0 saturated heterocycles. The Balaban J connectivity index is 1.77. The van der Waals surface area contributed by atoms with Crippen LogP contribution in [0.1, 0.15) is 34.0 Å². The second kappa shape index (κ2) is 8.12. The maximum absolute atomic E-state index is 13.6. The third kappa shape index (κ3) is 4.16. The molecule has 0 radical (unpaired) electrons. The van der Waals surface area contributed by atoms with E-state index in [1.807, 2.05) is 37.3 Å². The number of nitrogens with one attached hydrogen (secondary N) is 2. The van der Waals surface area contributed by atoms with Gasteiger partial charge in [0.15, 0.2) is 0 Å². The molecule has 0 spiro atoms. The maximum Gasteiger partial charge on any atom is 0.416 e. The van der Waals surface area contributed by atoms with Crippen LogP contribution in [0, 0.1) is 6.92 Å². The molecule has 7 heteroatoms. The number of alkyl halides is 3. The first kappa shape index (κ1) is 21.0. The molecule has 1 unspecified atom stereocenters. The molecule has 1 aliphatic heterocycles. The molecule has 0 amide bonds. The van der Waals surface area contributed by atoms with Crippen molar-refractivity contribution in [2.24, 2.45) is 4.99 Å². The summed E-state index contributed by atoms with van der Waals surface area (Å²) in [6, 6.07) is 18.2. The monoisotopic (exact) mass is 441 g/mol. The maximum atomic E-state index is 13.6. The molecule has 3 nitrogen and oxygen atoms in total. The largest absolute Gasteiger partial charge is 0.416 e. The second-order valence-corrected chi connectivity index (χ2v) is 7.60. The third-order valence-corrected chi connectivity index (χ3v) is 5.40. The molecule has 0 bridgehead atoms. The van der Waals surface area contributed by atoms with E-state index in [-0.39, 0.29) is 5.56 Å². The summed E-state index contributed by atoms with van der Waals surface area (Å²) in [6.07, 6.45) is -5.41. The first-order valence-corrected chi connectivity index (χ1v) is 9.95. The number of hydrogen-bond donors (Lipinski definition) is 2. The fourth-order valence-corrected chi connectivity index (χ4v) is 3.99. The summed E-state index contributed by atoms with van der Waals surface area (Å²) >= 11 is 6.36. The summed E-state index contributed by atoms with van der Waals surface area (Å²) in [5, 5.41) is 6.82. The zero-order valence-corrected chi connectivity index (χ0v) is 17.4.